The molecule has 1 amide bonds. The predicted molar refractivity (Wildman–Crippen MR) is 188 cm³/mol. The van der Waals surface area contributed by atoms with Crippen molar-refractivity contribution >= 4 is 5.91 Å². The van der Waals surface area contributed by atoms with Crippen molar-refractivity contribution < 1.29 is 51.5 Å². The fourth-order valence-corrected chi connectivity index (χ4v) is 6.43. The van der Waals surface area contributed by atoms with Crippen molar-refractivity contribution in [1.82, 2.24) is 10.2 Å². The average molecular weight is 749 g/mol. The van der Waals surface area contributed by atoms with Gasteiger partial charge in [0.05, 0.1) is 24.9 Å². The molecule has 0 radical (unpaired) electrons. The van der Waals surface area contributed by atoms with Gasteiger partial charge >= 0.3 is 0 Å². The number of likely N-dealkylation sites (N-methyl/N-ethyl adjacent to an activating group) is 1. The summed E-state index contributed by atoms with van der Waals surface area (Å²) in [6.45, 7) is 0.348. The average Bonchev–Trinajstić information content (AvgIpc) is 3.18. The van der Waals surface area contributed by atoms with Gasteiger partial charge in [-0.25, -0.2) is 22.0 Å². The molecule has 13 heteroatoms. The first-order valence-corrected chi connectivity index (χ1v) is 17.1. The number of rotatable bonds is 12. The highest BCUT2D eigenvalue weighted by molar-refractivity contribution is 5.95. The first-order valence-electron chi connectivity index (χ1n) is 17.1. The number of phenolic OH excluding ortho intramolecular Hbond substituents is 1. The molecule has 0 spiro atoms. The Bertz CT molecular complexity index is 2070. The summed E-state index contributed by atoms with van der Waals surface area (Å²) in [4.78, 5) is 14.6. The van der Waals surface area contributed by atoms with Crippen molar-refractivity contribution in [2.75, 3.05) is 20.1 Å². The summed E-state index contributed by atoms with van der Waals surface area (Å²) in [5, 5.41) is 32.5. The molecule has 8 nitrogen and oxygen atoms in total. The molecule has 5 aromatic carbocycles. The standard InChI is InChI=1S/C41H37F5N2O6/c1-48(21-32(51)27-6-4-7-29(50)17-27)20-30-18-33(25-11-9-23(22-49)10-12-25)54-41(53-30)26-15-13-24(14-16-26)31-8-3-2-5-28(31)19-47-40(52)34-35(42)37(44)39(46)38(45)36(34)43/h2-17,30,32-33,41,49-51H,18-22H2,1H3,(H,47,52)/t30-,32+,33+,41+/m0/s1. The number of ether oxygens (including phenoxy) is 2. The molecule has 5 aromatic rings. The van der Waals surface area contributed by atoms with Crippen LogP contribution in [0.1, 0.15) is 63.1 Å². The topological polar surface area (TPSA) is 111 Å². The van der Waals surface area contributed by atoms with Crippen molar-refractivity contribution in [3.63, 3.8) is 0 Å². The predicted octanol–water partition coefficient (Wildman–Crippen LogP) is 7.39. The molecule has 0 unspecified atom stereocenters. The van der Waals surface area contributed by atoms with Crippen molar-refractivity contribution in [2.24, 2.45) is 0 Å². The van der Waals surface area contributed by atoms with Crippen molar-refractivity contribution in [2.45, 2.75) is 44.2 Å². The van der Waals surface area contributed by atoms with Gasteiger partial charge < -0.3 is 35.0 Å². The normalized spacial score (nSPS) is 17.8. The van der Waals surface area contributed by atoms with Crippen LogP contribution >= 0.6 is 0 Å². The van der Waals surface area contributed by atoms with Gasteiger partial charge in [-0.05, 0) is 52.6 Å². The third kappa shape index (κ3) is 8.61. The minimum Gasteiger partial charge on any atom is -0.508 e. The fourth-order valence-electron chi connectivity index (χ4n) is 6.43. The minimum atomic E-state index is -2.35. The Morgan fingerprint density at radius 1 is 0.833 bits per heavy atom. The number of carbonyl (C=O) groups is 1. The van der Waals surface area contributed by atoms with E-state index < -0.39 is 53.0 Å². The van der Waals surface area contributed by atoms with Gasteiger partial charge in [-0.1, -0.05) is 84.9 Å². The minimum absolute atomic E-state index is 0.0620. The van der Waals surface area contributed by atoms with E-state index in [4.69, 9.17) is 9.47 Å². The van der Waals surface area contributed by atoms with Crippen LogP contribution in [0.2, 0.25) is 0 Å². The van der Waals surface area contributed by atoms with Crippen LogP contribution in [0.5, 0.6) is 5.75 Å². The molecule has 54 heavy (non-hydrogen) atoms. The van der Waals surface area contributed by atoms with E-state index in [9.17, 15) is 42.1 Å². The van der Waals surface area contributed by atoms with Gasteiger partial charge in [0.15, 0.2) is 29.6 Å². The first kappa shape index (κ1) is 38.5. The molecule has 4 atom stereocenters. The number of aromatic hydroxyl groups is 1. The van der Waals surface area contributed by atoms with Crippen LogP contribution in [0.25, 0.3) is 11.1 Å². The number of nitrogens with zero attached hydrogens (tertiary/aromatic N) is 1. The maximum Gasteiger partial charge on any atom is 0.257 e. The highest BCUT2D eigenvalue weighted by Crippen LogP contribution is 2.39. The lowest BCUT2D eigenvalue weighted by molar-refractivity contribution is -0.252. The Hall–Kier alpha value is -5.18. The number of aliphatic hydroxyl groups excluding tert-OH is 2. The van der Waals surface area contributed by atoms with Crippen LogP contribution in [0, 0.1) is 29.1 Å². The third-order valence-corrected chi connectivity index (χ3v) is 9.26. The van der Waals surface area contributed by atoms with E-state index in [1.165, 1.54) is 12.1 Å². The van der Waals surface area contributed by atoms with Gasteiger partial charge in [0.1, 0.15) is 11.3 Å². The second-order valence-corrected chi connectivity index (χ2v) is 13.1. The molecule has 282 valence electrons. The van der Waals surface area contributed by atoms with E-state index in [2.05, 4.69) is 5.32 Å². The molecular formula is C41H37F5N2O6. The van der Waals surface area contributed by atoms with Gasteiger partial charge in [0, 0.05) is 31.6 Å². The molecule has 1 fully saturated rings. The summed E-state index contributed by atoms with van der Waals surface area (Å²) in [5.41, 5.74) is 3.21. The molecular weight excluding hydrogens is 711 g/mol. The lowest BCUT2D eigenvalue weighted by Crippen LogP contribution is -2.39. The fraction of sp³-hybridized carbons (Fsp3) is 0.244. The van der Waals surface area contributed by atoms with E-state index in [1.54, 1.807) is 48.5 Å². The number of hydrogen-bond acceptors (Lipinski definition) is 7. The van der Waals surface area contributed by atoms with Crippen LogP contribution in [0.3, 0.4) is 0 Å². The van der Waals surface area contributed by atoms with Crippen LogP contribution in [0.15, 0.2) is 97.1 Å². The molecule has 1 aliphatic rings. The van der Waals surface area contributed by atoms with Gasteiger partial charge in [-0.3, -0.25) is 4.79 Å². The third-order valence-electron chi connectivity index (χ3n) is 9.26. The number of nitrogens with one attached hydrogen (secondary N) is 1. The highest BCUT2D eigenvalue weighted by atomic mass is 19.2. The Morgan fingerprint density at radius 2 is 1.48 bits per heavy atom. The zero-order chi connectivity index (χ0) is 38.5. The summed E-state index contributed by atoms with van der Waals surface area (Å²) in [6, 6.07) is 28.0. The second kappa shape index (κ2) is 16.9. The summed E-state index contributed by atoms with van der Waals surface area (Å²) in [5.74, 6) is -12.6. The van der Waals surface area contributed by atoms with Crippen molar-refractivity contribution in [1.29, 1.82) is 0 Å². The molecule has 1 saturated heterocycles. The summed E-state index contributed by atoms with van der Waals surface area (Å²) >= 11 is 0. The summed E-state index contributed by atoms with van der Waals surface area (Å²) in [6.07, 6.45) is -1.83. The maximum atomic E-state index is 14.2. The monoisotopic (exact) mass is 748 g/mol. The number of hydrogen-bond donors (Lipinski definition) is 4. The molecule has 0 bridgehead atoms. The number of phenols is 1. The van der Waals surface area contributed by atoms with Crippen LogP contribution in [0.4, 0.5) is 22.0 Å². The zero-order valence-corrected chi connectivity index (χ0v) is 29.0. The van der Waals surface area contributed by atoms with E-state index in [-0.39, 0.29) is 37.7 Å². The molecule has 1 aliphatic heterocycles. The molecule has 1 heterocycles. The second-order valence-electron chi connectivity index (χ2n) is 13.1. The van der Waals surface area contributed by atoms with E-state index in [0.29, 0.717) is 40.8 Å². The maximum absolute atomic E-state index is 14.2. The van der Waals surface area contributed by atoms with Crippen LogP contribution in [-0.4, -0.2) is 52.4 Å². The number of halogens is 5. The smallest absolute Gasteiger partial charge is 0.257 e. The number of amides is 1. The molecule has 0 saturated carbocycles. The van der Waals surface area contributed by atoms with Crippen molar-refractivity contribution in [3.05, 3.63) is 160 Å². The Kier molecular flexibility index (Phi) is 12.0. The molecule has 0 aliphatic carbocycles. The van der Waals surface area contributed by atoms with Crippen LogP contribution in [-0.2, 0) is 22.6 Å². The Balaban J connectivity index is 1.19. The largest absolute Gasteiger partial charge is 0.508 e. The molecule has 4 N–H and O–H groups in total. The summed E-state index contributed by atoms with van der Waals surface area (Å²) < 4.78 is 82.4. The lowest BCUT2D eigenvalue weighted by Gasteiger charge is -2.38. The van der Waals surface area contributed by atoms with Gasteiger partial charge in [-0.2, -0.15) is 0 Å². The lowest BCUT2D eigenvalue weighted by atomic mass is 9.97. The van der Waals surface area contributed by atoms with Crippen molar-refractivity contribution in [3.8, 4) is 16.9 Å². The Morgan fingerprint density at radius 3 is 2.15 bits per heavy atom. The first-order chi connectivity index (χ1) is 25.9. The van der Waals surface area contributed by atoms with Gasteiger partial charge in [0.25, 0.3) is 5.91 Å². The van der Waals surface area contributed by atoms with E-state index in [1.807, 2.05) is 48.3 Å². The summed E-state index contributed by atoms with van der Waals surface area (Å²) in [7, 11) is 1.86. The SMILES string of the molecule is CN(C[C@@H]1C[C@H](c2ccc(CO)cc2)O[C@H](c2ccc(-c3ccccc3CNC(=O)c3c(F)c(F)c(F)c(F)c3F)cc2)O1)C[C@@H](O)c1cccc(O)c1. The van der Waals surface area contributed by atoms with Gasteiger partial charge in [0.2, 0.25) is 5.82 Å². The van der Waals surface area contributed by atoms with E-state index in [0.717, 1.165) is 11.1 Å². The molecule has 0 aromatic heterocycles. The van der Waals surface area contributed by atoms with Gasteiger partial charge in [-0.15, -0.1) is 0 Å². The Labute approximate surface area is 308 Å². The van der Waals surface area contributed by atoms with Crippen LogP contribution < -0.4 is 5.32 Å². The highest BCUT2D eigenvalue weighted by Gasteiger charge is 2.33. The molecule has 6 rings (SSSR count). The van der Waals surface area contributed by atoms with E-state index >= 15 is 0 Å². The quantitative estimate of drug-likeness (QED) is 0.0599. The number of benzene rings is 5. The number of carbonyl (C=O) groups excluding carboxylic acids is 1. The number of aliphatic hydroxyl groups is 2. The zero-order valence-electron chi connectivity index (χ0n) is 29.0.